The first-order valence-corrected chi connectivity index (χ1v) is 13.0. The van der Waals surface area contributed by atoms with Gasteiger partial charge in [0.05, 0.1) is 4.90 Å². The maximum absolute atomic E-state index is 13.1. The maximum atomic E-state index is 13.1. The van der Waals surface area contributed by atoms with Gasteiger partial charge < -0.3 is 10.3 Å². The number of hydrogen-bond donors (Lipinski definition) is 2. The number of para-hydroxylation sites is 1. The van der Waals surface area contributed by atoms with Crippen LogP contribution in [0.15, 0.2) is 53.6 Å². The number of carbonyl (C=O) groups excluding carboxylic acids is 2. The van der Waals surface area contributed by atoms with E-state index >= 15 is 0 Å². The Balaban J connectivity index is 1.50. The zero-order chi connectivity index (χ0) is 24.5. The van der Waals surface area contributed by atoms with Gasteiger partial charge in [0.1, 0.15) is 6.04 Å². The highest BCUT2D eigenvalue weighted by atomic mass is 32.2. The zero-order valence-electron chi connectivity index (χ0n) is 19.7. The molecule has 0 bridgehead atoms. The molecule has 2 amide bonds. The minimum Gasteiger partial charge on any atom is -0.361 e. The number of nitrogens with one attached hydrogen (secondary N) is 2. The van der Waals surface area contributed by atoms with Gasteiger partial charge in [-0.05, 0) is 41.8 Å². The van der Waals surface area contributed by atoms with Gasteiger partial charge in [-0.3, -0.25) is 14.5 Å². The van der Waals surface area contributed by atoms with Crippen LogP contribution in [0, 0.1) is 0 Å². The van der Waals surface area contributed by atoms with Crippen LogP contribution in [-0.4, -0.2) is 55.2 Å². The molecule has 0 fully saturated rings. The molecular formula is C25H30N4O4S. The second kappa shape index (κ2) is 9.60. The first kappa shape index (κ1) is 24.0. The van der Waals surface area contributed by atoms with Crippen molar-refractivity contribution in [3.8, 4) is 0 Å². The second-order valence-electron chi connectivity index (χ2n) is 8.39. The number of aromatic amines is 1. The monoisotopic (exact) mass is 482 g/mol. The smallest absolute Gasteiger partial charge is 0.243 e. The molecule has 0 radical (unpaired) electrons. The van der Waals surface area contributed by atoms with E-state index in [2.05, 4.69) is 10.3 Å². The quantitative estimate of drug-likeness (QED) is 0.515. The van der Waals surface area contributed by atoms with Crippen molar-refractivity contribution in [1.29, 1.82) is 0 Å². The van der Waals surface area contributed by atoms with E-state index in [4.69, 9.17) is 0 Å². The number of anilines is 1. The Morgan fingerprint density at radius 1 is 1.15 bits per heavy atom. The molecule has 0 saturated heterocycles. The third kappa shape index (κ3) is 4.33. The topological polar surface area (TPSA) is 103 Å². The molecule has 0 spiro atoms. The summed E-state index contributed by atoms with van der Waals surface area (Å²) in [6, 6.07) is 12.0. The van der Waals surface area contributed by atoms with Gasteiger partial charge in [0.25, 0.3) is 0 Å². The molecule has 2 aromatic carbocycles. The number of amides is 2. The van der Waals surface area contributed by atoms with Crippen molar-refractivity contribution in [3.05, 3.63) is 59.8 Å². The van der Waals surface area contributed by atoms with Gasteiger partial charge in [-0.25, -0.2) is 8.42 Å². The summed E-state index contributed by atoms with van der Waals surface area (Å²) in [5, 5.41) is 4.08. The van der Waals surface area contributed by atoms with E-state index in [0.717, 1.165) is 16.5 Å². The Hall–Kier alpha value is -3.17. The molecule has 0 aliphatic carbocycles. The second-order valence-corrected chi connectivity index (χ2v) is 10.3. The summed E-state index contributed by atoms with van der Waals surface area (Å²) in [7, 11) is -3.63. The van der Waals surface area contributed by atoms with E-state index in [0.29, 0.717) is 37.3 Å². The molecule has 2 N–H and O–H groups in total. The normalized spacial score (nSPS) is 15.6. The van der Waals surface area contributed by atoms with Crippen LogP contribution in [0.2, 0.25) is 0 Å². The lowest BCUT2D eigenvalue weighted by Crippen LogP contribution is -2.47. The lowest BCUT2D eigenvalue weighted by atomic mass is 10.1. The number of hydrogen-bond acceptors (Lipinski definition) is 4. The van der Waals surface area contributed by atoms with Crippen LogP contribution in [0.1, 0.15) is 31.9 Å². The van der Waals surface area contributed by atoms with Gasteiger partial charge in [-0.2, -0.15) is 4.31 Å². The lowest BCUT2D eigenvalue weighted by Gasteiger charge is -2.23. The van der Waals surface area contributed by atoms with Crippen LogP contribution in [-0.2, 0) is 32.5 Å². The minimum atomic E-state index is -3.63. The van der Waals surface area contributed by atoms with Crippen molar-refractivity contribution >= 4 is 38.4 Å². The van der Waals surface area contributed by atoms with E-state index in [1.54, 1.807) is 26.0 Å². The van der Waals surface area contributed by atoms with Gasteiger partial charge in [-0.15, -0.1) is 0 Å². The number of benzene rings is 2. The number of fused-ring (bicyclic) bond motifs is 2. The van der Waals surface area contributed by atoms with Gasteiger partial charge >= 0.3 is 0 Å². The van der Waals surface area contributed by atoms with Gasteiger partial charge in [0.2, 0.25) is 21.8 Å². The molecule has 3 aromatic rings. The number of rotatable bonds is 8. The largest absolute Gasteiger partial charge is 0.361 e. The van der Waals surface area contributed by atoms with Crippen molar-refractivity contribution in [1.82, 2.24) is 14.6 Å². The maximum Gasteiger partial charge on any atom is 0.243 e. The first-order valence-electron chi connectivity index (χ1n) is 11.5. The molecule has 1 aromatic heterocycles. The number of sulfonamides is 1. The summed E-state index contributed by atoms with van der Waals surface area (Å²) >= 11 is 0. The number of nitrogens with zero attached hydrogens (tertiary/aromatic N) is 2. The molecular weight excluding hydrogens is 452 g/mol. The Morgan fingerprint density at radius 3 is 2.59 bits per heavy atom. The molecule has 34 heavy (non-hydrogen) atoms. The Morgan fingerprint density at radius 2 is 1.88 bits per heavy atom. The highest BCUT2D eigenvalue weighted by Crippen LogP contribution is 2.35. The molecule has 4 rings (SSSR count). The Bertz CT molecular complexity index is 1330. The van der Waals surface area contributed by atoms with E-state index in [-0.39, 0.29) is 23.1 Å². The van der Waals surface area contributed by atoms with Crippen molar-refractivity contribution in [3.63, 3.8) is 0 Å². The summed E-state index contributed by atoms with van der Waals surface area (Å²) < 4.78 is 27.3. The number of aromatic nitrogens is 1. The predicted molar refractivity (Wildman–Crippen MR) is 132 cm³/mol. The average molecular weight is 483 g/mol. The zero-order valence-corrected chi connectivity index (χ0v) is 20.5. The third-order valence-corrected chi connectivity index (χ3v) is 8.43. The van der Waals surface area contributed by atoms with E-state index in [1.165, 1.54) is 22.2 Å². The summed E-state index contributed by atoms with van der Waals surface area (Å²) in [6.07, 6.45) is 2.87. The number of carbonyl (C=O) groups is 2. The molecule has 2 heterocycles. The molecule has 180 valence electrons. The fraction of sp³-hybridized carbons (Fsp3) is 0.360. The molecule has 1 aliphatic rings. The van der Waals surface area contributed by atoms with Crippen LogP contribution >= 0.6 is 0 Å². The van der Waals surface area contributed by atoms with Crippen LogP contribution in [0.5, 0.6) is 0 Å². The Kier molecular flexibility index (Phi) is 6.77. The van der Waals surface area contributed by atoms with Gasteiger partial charge in [0.15, 0.2) is 0 Å². The SMILES string of the molecule is CCN(CC)S(=O)(=O)c1ccc2c(c1)C[C@@H](C(=O)NCCc1c[nH]c3ccccc13)N2C(C)=O. The van der Waals surface area contributed by atoms with Gasteiger partial charge in [0, 0.05) is 55.8 Å². The average Bonchev–Trinajstić information content (AvgIpc) is 3.41. The molecule has 0 saturated carbocycles. The van der Waals surface area contributed by atoms with Crippen molar-refractivity contribution in [2.24, 2.45) is 0 Å². The lowest BCUT2D eigenvalue weighted by molar-refractivity contribution is -0.125. The summed E-state index contributed by atoms with van der Waals surface area (Å²) in [5.41, 5.74) is 3.43. The Labute approximate surface area is 200 Å². The molecule has 0 unspecified atom stereocenters. The highest BCUT2D eigenvalue weighted by molar-refractivity contribution is 7.89. The standard InChI is InChI=1S/C25H30N4O4S/c1-4-28(5-2)34(32,33)20-10-11-23-19(14-20)15-24(29(23)17(3)30)25(31)26-13-12-18-16-27-22-9-7-6-8-21(18)22/h6-11,14,16,24,27H,4-5,12-13,15H2,1-3H3,(H,26,31)/t24-/m0/s1. The van der Waals surface area contributed by atoms with Crippen LogP contribution < -0.4 is 10.2 Å². The fourth-order valence-corrected chi connectivity index (χ4v) is 6.19. The van der Waals surface area contributed by atoms with Crippen LogP contribution in [0.3, 0.4) is 0 Å². The molecule has 9 heteroatoms. The molecule has 1 aliphatic heterocycles. The molecule has 1 atom stereocenters. The van der Waals surface area contributed by atoms with Crippen LogP contribution in [0.4, 0.5) is 5.69 Å². The van der Waals surface area contributed by atoms with Gasteiger partial charge in [-0.1, -0.05) is 32.0 Å². The molecule has 8 nitrogen and oxygen atoms in total. The summed E-state index contributed by atoms with van der Waals surface area (Å²) in [6.45, 7) is 6.18. The van der Waals surface area contributed by atoms with Crippen molar-refractivity contribution < 1.29 is 18.0 Å². The van der Waals surface area contributed by atoms with E-state index in [9.17, 15) is 18.0 Å². The first-order chi connectivity index (χ1) is 16.3. The third-order valence-electron chi connectivity index (χ3n) is 6.39. The van der Waals surface area contributed by atoms with Crippen LogP contribution in [0.25, 0.3) is 10.9 Å². The van der Waals surface area contributed by atoms with E-state index in [1.807, 2.05) is 30.5 Å². The van der Waals surface area contributed by atoms with Crippen molar-refractivity contribution in [2.75, 3.05) is 24.5 Å². The number of H-pyrrole nitrogens is 1. The summed E-state index contributed by atoms with van der Waals surface area (Å²) in [4.78, 5) is 30.4. The van der Waals surface area contributed by atoms with Crippen molar-refractivity contribution in [2.45, 2.75) is 44.6 Å². The summed E-state index contributed by atoms with van der Waals surface area (Å²) in [5.74, 6) is -0.505. The fourth-order valence-electron chi connectivity index (χ4n) is 4.68. The predicted octanol–water partition coefficient (Wildman–Crippen LogP) is 2.83. The van der Waals surface area contributed by atoms with E-state index < -0.39 is 16.1 Å². The minimum absolute atomic E-state index is 0.179. The highest BCUT2D eigenvalue weighted by Gasteiger charge is 2.37.